The number of carbonyl (C=O) groups excluding carboxylic acids is 1. The summed E-state index contributed by atoms with van der Waals surface area (Å²) in [5, 5.41) is 37.0. The molecular weight excluding hydrogens is 594 g/mol. The van der Waals surface area contributed by atoms with Crippen molar-refractivity contribution in [3.8, 4) is 0 Å². The largest absolute Gasteiger partial charge is 0.458 e. The van der Waals surface area contributed by atoms with Crippen molar-refractivity contribution in [3.05, 3.63) is 29.8 Å². The molecule has 0 amide bonds. The maximum atomic E-state index is 13.5. The van der Waals surface area contributed by atoms with Crippen LogP contribution in [0.2, 0.25) is 0 Å². The molecule has 1 aromatic carbocycles. The number of carbonyl (C=O) groups is 1. The van der Waals surface area contributed by atoms with E-state index in [9.17, 15) is 20.1 Å². The molecule has 5 aliphatic carbocycles. The van der Waals surface area contributed by atoms with E-state index in [4.69, 9.17) is 14.2 Å². The molecule has 8 nitrogen and oxygen atoms in total. The zero-order valence-electron chi connectivity index (χ0n) is 29.8. The molecule has 0 aromatic heterocycles. The number of methoxy groups -OCH3 is 1. The zero-order valence-corrected chi connectivity index (χ0v) is 29.8. The summed E-state index contributed by atoms with van der Waals surface area (Å²) < 4.78 is 18.5. The Labute approximate surface area is 281 Å². The van der Waals surface area contributed by atoms with Crippen LogP contribution in [0.4, 0.5) is 5.69 Å². The van der Waals surface area contributed by atoms with Crippen molar-refractivity contribution in [2.24, 2.45) is 50.7 Å². The number of esters is 1. The minimum absolute atomic E-state index is 0.0400. The monoisotopic (exact) mass is 653 g/mol. The van der Waals surface area contributed by atoms with E-state index < -0.39 is 30.2 Å². The number of fused-ring (bicyclic) bond motifs is 3. The summed E-state index contributed by atoms with van der Waals surface area (Å²) in [4.78, 5) is 13.5. The van der Waals surface area contributed by atoms with Crippen LogP contribution in [-0.4, -0.2) is 71.8 Å². The smallest absolute Gasteiger partial charge is 0.340 e. The van der Waals surface area contributed by atoms with Crippen LogP contribution in [0.3, 0.4) is 0 Å². The molecule has 8 heteroatoms. The summed E-state index contributed by atoms with van der Waals surface area (Å²) in [6.07, 6.45) is 6.36. The minimum atomic E-state index is -1.25. The number of benzene rings is 1. The van der Waals surface area contributed by atoms with E-state index in [0.717, 1.165) is 57.1 Å². The molecule has 4 N–H and O–H groups in total. The van der Waals surface area contributed by atoms with Crippen LogP contribution >= 0.6 is 0 Å². The van der Waals surface area contributed by atoms with Crippen molar-refractivity contribution in [2.75, 3.05) is 19.5 Å². The molecule has 47 heavy (non-hydrogen) atoms. The fourth-order valence-electron chi connectivity index (χ4n) is 13.5. The van der Waals surface area contributed by atoms with Gasteiger partial charge in [0.25, 0.3) is 0 Å². The minimum Gasteiger partial charge on any atom is -0.458 e. The lowest BCUT2D eigenvalue weighted by molar-refractivity contribution is -0.243. The predicted octanol–water partition coefficient (Wildman–Crippen LogP) is 6.17. The number of aliphatic hydroxyl groups is 3. The van der Waals surface area contributed by atoms with Gasteiger partial charge < -0.3 is 34.8 Å². The lowest BCUT2D eigenvalue weighted by atomic mass is 9.37. The van der Waals surface area contributed by atoms with Crippen LogP contribution in [0.25, 0.3) is 0 Å². The van der Waals surface area contributed by atoms with Crippen LogP contribution in [0.5, 0.6) is 0 Å². The molecule has 262 valence electrons. The number of para-hydroxylation sites is 1. The van der Waals surface area contributed by atoms with Gasteiger partial charge in [-0.3, -0.25) is 0 Å². The van der Waals surface area contributed by atoms with Gasteiger partial charge in [-0.25, -0.2) is 4.79 Å². The Bertz CT molecular complexity index is 1390. The van der Waals surface area contributed by atoms with Gasteiger partial charge in [0.2, 0.25) is 0 Å². The van der Waals surface area contributed by atoms with Gasteiger partial charge in [0.1, 0.15) is 12.2 Å². The van der Waals surface area contributed by atoms with E-state index in [-0.39, 0.29) is 51.0 Å². The zero-order chi connectivity index (χ0) is 33.9. The maximum absolute atomic E-state index is 13.5. The second kappa shape index (κ2) is 10.9. The maximum Gasteiger partial charge on any atom is 0.340 e. The molecule has 5 saturated carbocycles. The molecule has 6 aliphatic rings. The number of nitrogens with one attached hydrogen (secondary N) is 1. The predicted molar refractivity (Wildman–Crippen MR) is 180 cm³/mol. The van der Waals surface area contributed by atoms with Gasteiger partial charge in [-0.05, 0) is 118 Å². The molecule has 1 unspecified atom stereocenters. The van der Waals surface area contributed by atoms with Crippen LogP contribution < -0.4 is 5.32 Å². The van der Waals surface area contributed by atoms with E-state index in [1.54, 1.807) is 21.0 Å². The first-order valence-electron chi connectivity index (χ1n) is 18.3. The van der Waals surface area contributed by atoms with Crippen LogP contribution in [0.15, 0.2) is 24.3 Å². The summed E-state index contributed by atoms with van der Waals surface area (Å²) in [5.41, 5.74) is -0.0943. The Kier molecular flexibility index (Phi) is 7.83. The number of aliphatic hydroxyl groups excluding tert-OH is 2. The Hall–Kier alpha value is -1.71. The van der Waals surface area contributed by atoms with Crippen LogP contribution in [-0.2, 0) is 14.2 Å². The molecule has 0 radical (unpaired) electrons. The first kappa shape index (κ1) is 33.8. The van der Waals surface area contributed by atoms with E-state index in [0.29, 0.717) is 23.8 Å². The number of hydrogen-bond acceptors (Lipinski definition) is 8. The fraction of sp³-hybridized carbons (Fsp3) is 0.821. The Balaban J connectivity index is 1.13. The van der Waals surface area contributed by atoms with E-state index in [1.807, 2.05) is 31.3 Å². The Morgan fingerprint density at radius 1 is 1.04 bits per heavy atom. The highest BCUT2D eigenvalue weighted by Crippen LogP contribution is 2.91. The number of anilines is 1. The number of ether oxygens (including phenoxy) is 3. The van der Waals surface area contributed by atoms with E-state index in [1.165, 1.54) is 0 Å². The van der Waals surface area contributed by atoms with Gasteiger partial charge in [-0.2, -0.15) is 0 Å². The fourth-order valence-corrected chi connectivity index (χ4v) is 13.5. The molecule has 13 atom stereocenters. The summed E-state index contributed by atoms with van der Waals surface area (Å²) >= 11 is 0. The highest BCUT2D eigenvalue weighted by molar-refractivity contribution is 5.95. The van der Waals surface area contributed by atoms with E-state index in [2.05, 4.69) is 33.0 Å². The summed E-state index contributed by atoms with van der Waals surface area (Å²) in [5.74, 6) is 0.916. The third-order valence-corrected chi connectivity index (χ3v) is 15.7. The standard InChI is InChI=1S/C39H59NO7/c1-34(2)28-20-29(41)37(6)27(36(28,5)16-15-30(34)47-32(43)22-11-9-10-12-25(22)40-7)14-17-38-21-39(37,38)18-13-24(38)23-19-26(46-33(23)45-8)31(42)35(3,4)44/h9-12,23-24,26-31,33,40-42,44H,13-21H2,1-8H3/t23-,24+,26-,27-,28+,29-,30+,31?,33-,36-,37+,38-,39-/m1/s1. The molecule has 6 fully saturated rings. The second-order valence-electron chi connectivity index (χ2n) is 18.1. The quantitative estimate of drug-likeness (QED) is 0.258. The van der Waals surface area contributed by atoms with Crippen LogP contribution in [0, 0.1) is 50.7 Å². The molecule has 1 saturated heterocycles. The third kappa shape index (κ3) is 4.46. The van der Waals surface area contributed by atoms with Gasteiger partial charge in [0, 0.05) is 36.6 Å². The lowest BCUT2D eigenvalue weighted by Crippen LogP contribution is -2.66. The average Bonchev–Trinajstić information content (AvgIpc) is 3.35. The first-order valence-corrected chi connectivity index (χ1v) is 18.3. The Morgan fingerprint density at radius 2 is 1.77 bits per heavy atom. The number of hydrogen-bond donors (Lipinski definition) is 4. The van der Waals surface area contributed by atoms with Gasteiger partial charge in [-0.15, -0.1) is 0 Å². The normalized spacial score (nSPS) is 47.2. The van der Waals surface area contributed by atoms with Gasteiger partial charge in [0.15, 0.2) is 6.29 Å². The molecule has 0 bridgehead atoms. The highest BCUT2D eigenvalue weighted by Gasteiger charge is 2.86. The number of rotatable bonds is 7. The third-order valence-electron chi connectivity index (χ3n) is 15.7. The topological polar surface area (TPSA) is 117 Å². The van der Waals surface area contributed by atoms with Crippen molar-refractivity contribution >= 4 is 11.7 Å². The van der Waals surface area contributed by atoms with Crippen molar-refractivity contribution in [1.29, 1.82) is 0 Å². The van der Waals surface area contributed by atoms with Crippen molar-refractivity contribution < 1.29 is 34.3 Å². The van der Waals surface area contributed by atoms with Crippen LogP contribution in [0.1, 0.15) is 110 Å². The Morgan fingerprint density at radius 3 is 2.45 bits per heavy atom. The molecule has 0 spiro atoms. The van der Waals surface area contributed by atoms with Crippen molar-refractivity contribution in [2.45, 2.75) is 136 Å². The average molecular weight is 654 g/mol. The second-order valence-corrected chi connectivity index (χ2v) is 18.1. The van der Waals surface area contributed by atoms with Gasteiger partial charge in [-0.1, -0.05) is 39.8 Å². The molecule has 1 aromatic rings. The van der Waals surface area contributed by atoms with E-state index >= 15 is 0 Å². The van der Waals surface area contributed by atoms with Gasteiger partial charge >= 0.3 is 5.97 Å². The molecule has 1 aliphatic heterocycles. The highest BCUT2D eigenvalue weighted by atomic mass is 16.7. The SMILES string of the molecule is CNc1ccccc1C(=O)O[C@H]1CC[C@]2(C)[C@H]3CC[C@]45C[C@]4(CC[C@H]5[C@H]4C[C@H](C(O)C(C)(C)O)O[C@H]4OC)[C@]3(C)[C@H](O)C[C@H]2C1(C)C. The van der Waals surface area contributed by atoms with Gasteiger partial charge in [0.05, 0.1) is 23.4 Å². The van der Waals surface area contributed by atoms with Crippen molar-refractivity contribution in [1.82, 2.24) is 0 Å². The molecular formula is C39H59NO7. The summed E-state index contributed by atoms with van der Waals surface area (Å²) in [6.45, 7) is 12.7. The lowest BCUT2D eigenvalue weighted by Gasteiger charge is -2.68. The van der Waals surface area contributed by atoms with Crippen molar-refractivity contribution in [3.63, 3.8) is 0 Å². The summed E-state index contributed by atoms with van der Waals surface area (Å²) in [6, 6.07) is 7.52. The molecule has 7 rings (SSSR count). The summed E-state index contributed by atoms with van der Waals surface area (Å²) in [7, 11) is 3.52. The first-order chi connectivity index (χ1) is 22.0. The molecule has 1 heterocycles.